The molecule has 0 fully saturated rings. The largest absolute Gasteiger partial charge is 0.395 e. The summed E-state index contributed by atoms with van der Waals surface area (Å²) in [5, 5.41) is 8.20. The maximum absolute atomic E-state index is 8.20. The predicted molar refractivity (Wildman–Crippen MR) is 88.2 cm³/mol. The molecule has 0 aliphatic heterocycles. The van der Waals surface area contributed by atoms with Gasteiger partial charge in [-0.15, -0.1) is 0 Å². The molecule has 0 radical (unpaired) electrons. The summed E-state index contributed by atoms with van der Waals surface area (Å²) < 4.78 is 1.28. The van der Waals surface area contributed by atoms with Gasteiger partial charge in [-0.1, -0.05) is 0 Å². The van der Waals surface area contributed by atoms with Gasteiger partial charge < -0.3 is 39.1 Å². The molecule has 0 atom stereocenters. The van der Waals surface area contributed by atoms with E-state index < -0.39 is 0 Å². The number of hydrogen-bond donors (Lipinski definition) is 5. The second-order valence-corrected chi connectivity index (χ2v) is 4.13. The second-order valence-electron chi connectivity index (χ2n) is 4.13. The molecule has 0 unspecified atom stereocenters. The Bertz CT molecular complexity index is 114. The average Bonchev–Trinajstić information content (AvgIpc) is 2.23. The van der Waals surface area contributed by atoms with Crippen LogP contribution in [0.5, 0.6) is 0 Å². The van der Waals surface area contributed by atoms with E-state index >= 15 is 0 Å². The highest BCUT2D eigenvalue weighted by Crippen LogP contribution is 2.03. The van der Waals surface area contributed by atoms with Crippen LogP contribution in [0, 0.1) is 0 Å². The van der Waals surface area contributed by atoms with E-state index in [2.05, 4.69) is 27.7 Å². The van der Waals surface area contributed by atoms with E-state index in [9.17, 15) is 0 Å². The number of nitrogens with zero attached hydrogens (tertiary/aromatic N) is 2. The zero-order valence-electron chi connectivity index (χ0n) is 14.4. The van der Waals surface area contributed by atoms with Crippen molar-refractivity contribution in [2.24, 2.45) is 0 Å². The van der Waals surface area contributed by atoms with Crippen molar-refractivity contribution >= 4 is 0 Å². The zero-order chi connectivity index (χ0) is 12.3. The van der Waals surface area contributed by atoms with Gasteiger partial charge in [-0.05, 0) is 41.8 Å². The van der Waals surface area contributed by atoms with Gasteiger partial charge in [0.25, 0.3) is 0 Å². The SMILES string of the molecule is CC[N+](CC)(CC)CC.CN(C)CCO.N.N.N.N. The fourth-order valence-corrected chi connectivity index (χ4v) is 1.54. The van der Waals surface area contributed by atoms with Gasteiger partial charge >= 0.3 is 0 Å². The predicted octanol–water partition coefficient (Wildman–Crippen LogP) is 2.07. The summed E-state index contributed by atoms with van der Waals surface area (Å²) in [5.41, 5.74) is 0. The summed E-state index contributed by atoms with van der Waals surface area (Å²) in [7, 11) is 3.85. The Kier molecular flexibility index (Phi) is 43.7. The third-order valence-electron chi connectivity index (χ3n) is 3.23. The minimum Gasteiger partial charge on any atom is -0.395 e. The second kappa shape index (κ2) is 22.9. The summed E-state index contributed by atoms with van der Waals surface area (Å²) >= 11 is 0. The third kappa shape index (κ3) is 20.2. The lowest BCUT2D eigenvalue weighted by atomic mass is 10.3. The van der Waals surface area contributed by atoms with Crippen LogP contribution in [0.1, 0.15) is 27.7 Å². The van der Waals surface area contributed by atoms with Crippen LogP contribution in [0.4, 0.5) is 0 Å². The van der Waals surface area contributed by atoms with E-state index in [0.717, 1.165) is 6.54 Å². The third-order valence-corrected chi connectivity index (χ3v) is 3.23. The normalized spacial score (nSPS) is 8.84. The Morgan fingerprint density at radius 1 is 0.737 bits per heavy atom. The molecule has 0 spiro atoms. The molecule has 13 N–H and O–H groups in total. The highest BCUT2D eigenvalue weighted by molar-refractivity contribution is 4.34. The molecular formula is C12H43N6O+. The summed E-state index contributed by atoms with van der Waals surface area (Å²) in [5.74, 6) is 0. The summed E-state index contributed by atoms with van der Waals surface area (Å²) in [6.45, 7) is 15.2. The first-order valence-corrected chi connectivity index (χ1v) is 6.12. The van der Waals surface area contributed by atoms with Gasteiger partial charge in [0.2, 0.25) is 0 Å². The molecule has 7 heteroatoms. The fourth-order valence-electron chi connectivity index (χ4n) is 1.54. The van der Waals surface area contributed by atoms with E-state index in [-0.39, 0.29) is 31.2 Å². The van der Waals surface area contributed by atoms with Crippen molar-refractivity contribution in [1.82, 2.24) is 29.5 Å². The quantitative estimate of drug-likeness (QED) is 0.469. The fraction of sp³-hybridized carbons (Fsp3) is 1.00. The monoisotopic (exact) mass is 287 g/mol. The summed E-state index contributed by atoms with van der Waals surface area (Å²) in [6, 6.07) is 0. The van der Waals surface area contributed by atoms with Crippen LogP contribution in [0.15, 0.2) is 0 Å². The van der Waals surface area contributed by atoms with Crippen LogP contribution in [0.2, 0.25) is 0 Å². The molecule has 0 saturated heterocycles. The van der Waals surface area contributed by atoms with Gasteiger partial charge in [0.15, 0.2) is 0 Å². The maximum atomic E-state index is 8.20. The van der Waals surface area contributed by atoms with Crippen molar-refractivity contribution in [2.45, 2.75) is 27.7 Å². The number of aliphatic hydroxyl groups is 1. The van der Waals surface area contributed by atoms with E-state index in [1.54, 1.807) is 0 Å². The average molecular weight is 288 g/mol. The molecular weight excluding hydrogens is 244 g/mol. The Morgan fingerprint density at radius 3 is 1.00 bits per heavy atom. The first kappa shape index (κ1) is 36.3. The summed E-state index contributed by atoms with van der Waals surface area (Å²) in [6.07, 6.45) is 0. The molecule has 0 saturated carbocycles. The van der Waals surface area contributed by atoms with Crippen LogP contribution in [0.25, 0.3) is 0 Å². The number of quaternary nitrogens is 1. The molecule has 0 aromatic heterocycles. The van der Waals surface area contributed by atoms with E-state index in [4.69, 9.17) is 5.11 Å². The minimum absolute atomic E-state index is 0. The van der Waals surface area contributed by atoms with Gasteiger partial charge in [-0.2, -0.15) is 0 Å². The number of likely N-dealkylation sites (N-methyl/N-ethyl adjacent to an activating group) is 1. The standard InChI is InChI=1S/C8H20N.C4H11NO.4H3N/c1-5-9(6-2,7-3)8-4;1-5(2)3-4-6;;;;/h5-8H2,1-4H3;6H,3-4H2,1-2H3;4*1H3/q+1;;;;;. The van der Waals surface area contributed by atoms with E-state index in [1.807, 2.05) is 19.0 Å². The van der Waals surface area contributed by atoms with Gasteiger partial charge in [-0.3, -0.25) is 0 Å². The van der Waals surface area contributed by atoms with Gasteiger partial charge in [-0.25, -0.2) is 0 Å². The van der Waals surface area contributed by atoms with Crippen LogP contribution < -0.4 is 24.6 Å². The molecule has 0 bridgehead atoms. The molecule has 19 heavy (non-hydrogen) atoms. The highest BCUT2D eigenvalue weighted by atomic mass is 16.3. The molecule has 0 aliphatic carbocycles. The lowest BCUT2D eigenvalue weighted by molar-refractivity contribution is -0.921. The van der Waals surface area contributed by atoms with Crippen molar-refractivity contribution in [2.75, 3.05) is 53.4 Å². The van der Waals surface area contributed by atoms with Gasteiger partial charge in [0, 0.05) is 6.54 Å². The number of hydrogen-bond acceptors (Lipinski definition) is 6. The number of rotatable bonds is 6. The van der Waals surface area contributed by atoms with Crippen LogP contribution >= 0.6 is 0 Å². The molecule has 0 rings (SSSR count). The highest BCUT2D eigenvalue weighted by Gasteiger charge is 2.16. The van der Waals surface area contributed by atoms with Crippen molar-refractivity contribution in [1.29, 1.82) is 0 Å². The molecule has 0 aliphatic rings. The van der Waals surface area contributed by atoms with Crippen LogP contribution in [0.3, 0.4) is 0 Å². The summed E-state index contributed by atoms with van der Waals surface area (Å²) in [4.78, 5) is 1.93. The Balaban J connectivity index is -0.0000000385. The molecule has 0 amide bonds. The minimum atomic E-state index is 0. The van der Waals surface area contributed by atoms with Gasteiger partial charge in [0.05, 0.1) is 32.8 Å². The Morgan fingerprint density at radius 2 is 1.00 bits per heavy atom. The molecule has 0 aromatic carbocycles. The van der Waals surface area contributed by atoms with Crippen molar-refractivity contribution in [3.63, 3.8) is 0 Å². The lowest BCUT2D eigenvalue weighted by Crippen LogP contribution is -2.47. The van der Waals surface area contributed by atoms with Crippen LogP contribution in [-0.4, -0.2) is 67.9 Å². The van der Waals surface area contributed by atoms with Gasteiger partial charge in [0.1, 0.15) is 0 Å². The lowest BCUT2D eigenvalue weighted by Gasteiger charge is -2.34. The Hall–Kier alpha value is -0.280. The zero-order valence-corrected chi connectivity index (χ0v) is 14.4. The number of aliphatic hydroxyl groups excluding tert-OH is 1. The smallest absolute Gasteiger partial charge is 0.0757 e. The Labute approximate surface area is 121 Å². The van der Waals surface area contributed by atoms with Crippen LogP contribution in [-0.2, 0) is 0 Å². The first-order chi connectivity index (χ1) is 7.01. The molecule has 126 valence electrons. The van der Waals surface area contributed by atoms with Crippen molar-refractivity contribution in [3.05, 3.63) is 0 Å². The van der Waals surface area contributed by atoms with E-state index in [1.165, 1.54) is 30.7 Å². The topological polar surface area (TPSA) is 163 Å². The molecule has 7 nitrogen and oxygen atoms in total. The maximum Gasteiger partial charge on any atom is 0.0757 e. The van der Waals surface area contributed by atoms with Crippen molar-refractivity contribution in [3.8, 4) is 0 Å². The van der Waals surface area contributed by atoms with E-state index in [0.29, 0.717) is 0 Å². The van der Waals surface area contributed by atoms with Crippen molar-refractivity contribution < 1.29 is 9.59 Å². The molecule has 0 aromatic rings. The first-order valence-electron chi connectivity index (χ1n) is 6.12. The molecule has 0 heterocycles.